The smallest absolute Gasteiger partial charge is 0.302 e. The molecule has 0 radical (unpaired) electrons. The van der Waals surface area contributed by atoms with Gasteiger partial charge in [-0.25, -0.2) is 17.8 Å². The van der Waals surface area contributed by atoms with E-state index in [1.165, 1.54) is 12.1 Å². The highest BCUT2D eigenvalue weighted by molar-refractivity contribution is 7.91. The minimum Gasteiger partial charge on any atom is -0.302 e. The number of carbonyl (C=O) groups is 1. The van der Waals surface area contributed by atoms with Crippen LogP contribution in [0, 0.1) is 5.82 Å². The number of hydrogen-bond acceptors (Lipinski definition) is 5. The first kappa shape index (κ1) is 21.2. The fourth-order valence-corrected chi connectivity index (χ4v) is 4.81. The molecule has 0 aliphatic heterocycles. The van der Waals surface area contributed by atoms with Crippen LogP contribution in [0.4, 0.5) is 22.7 Å². The molecule has 1 amide bonds. The van der Waals surface area contributed by atoms with E-state index in [1.807, 2.05) is 0 Å². The van der Waals surface area contributed by atoms with Crippen LogP contribution in [0.25, 0.3) is 10.2 Å². The first-order valence-corrected chi connectivity index (χ1v) is 10.8. The largest absolute Gasteiger partial charge is 0.418 e. The van der Waals surface area contributed by atoms with Gasteiger partial charge < -0.3 is 5.32 Å². The number of amides is 1. The molecule has 0 unspecified atom stereocenters. The maximum absolute atomic E-state index is 13.0. The number of para-hydroxylation sites is 1. The minimum absolute atomic E-state index is 0.00286. The second-order valence-electron chi connectivity index (χ2n) is 6.09. The second-order valence-corrected chi connectivity index (χ2v) is 9.23. The molecule has 0 saturated carbocycles. The Balaban J connectivity index is 1.62. The van der Waals surface area contributed by atoms with E-state index < -0.39 is 33.3 Å². The van der Waals surface area contributed by atoms with Gasteiger partial charge >= 0.3 is 6.18 Å². The number of hydrogen-bond donors (Lipinski definition) is 1. The van der Waals surface area contributed by atoms with E-state index in [1.54, 1.807) is 0 Å². The van der Waals surface area contributed by atoms with Crippen molar-refractivity contribution in [3.05, 3.63) is 53.8 Å². The van der Waals surface area contributed by atoms with E-state index in [9.17, 15) is 30.8 Å². The normalized spacial score (nSPS) is 12.3. The van der Waals surface area contributed by atoms with Crippen molar-refractivity contribution in [1.29, 1.82) is 0 Å². The van der Waals surface area contributed by atoms with Crippen molar-refractivity contribution in [3.8, 4) is 0 Å². The van der Waals surface area contributed by atoms with Crippen LogP contribution in [0.2, 0.25) is 0 Å². The lowest BCUT2D eigenvalue weighted by atomic mass is 10.2. The van der Waals surface area contributed by atoms with Gasteiger partial charge in [0.15, 0.2) is 15.0 Å². The number of anilines is 1. The third kappa shape index (κ3) is 5.10. The molecule has 1 N–H and O–H groups in total. The van der Waals surface area contributed by atoms with Crippen molar-refractivity contribution in [2.24, 2.45) is 0 Å². The molecule has 0 aliphatic carbocycles. The van der Waals surface area contributed by atoms with Gasteiger partial charge in [-0.1, -0.05) is 17.4 Å². The Bertz CT molecular complexity index is 1140. The Morgan fingerprint density at radius 1 is 1.10 bits per heavy atom. The molecule has 0 fully saturated rings. The lowest BCUT2D eigenvalue weighted by molar-refractivity contribution is -0.136. The zero-order valence-corrected chi connectivity index (χ0v) is 16.3. The maximum Gasteiger partial charge on any atom is 0.418 e. The molecule has 2 aromatic carbocycles. The van der Waals surface area contributed by atoms with Gasteiger partial charge in [0.2, 0.25) is 5.91 Å². The van der Waals surface area contributed by atoms with Gasteiger partial charge in [-0.05, 0) is 42.8 Å². The second kappa shape index (κ2) is 8.07. The zero-order valence-electron chi connectivity index (χ0n) is 14.7. The van der Waals surface area contributed by atoms with Gasteiger partial charge in [-0.2, -0.15) is 13.2 Å². The van der Waals surface area contributed by atoms with E-state index in [4.69, 9.17) is 0 Å². The Labute approximate surface area is 167 Å². The summed E-state index contributed by atoms with van der Waals surface area (Å²) in [7, 11) is -3.67. The van der Waals surface area contributed by atoms with Crippen molar-refractivity contribution in [2.45, 2.75) is 23.9 Å². The predicted octanol–water partition coefficient (Wildman–Crippen LogP) is 4.65. The van der Waals surface area contributed by atoms with E-state index in [-0.39, 0.29) is 38.8 Å². The maximum atomic E-state index is 13.0. The molecule has 3 aromatic rings. The number of aromatic nitrogens is 1. The molecule has 0 saturated heterocycles. The van der Waals surface area contributed by atoms with Crippen LogP contribution in [0.15, 0.2) is 47.4 Å². The average Bonchev–Trinajstić information content (AvgIpc) is 3.03. The van der Waals surface area contributed by atoms with E-state index in [2.05, 4.69) is 10.3 Å². The third-order valence-electron chi connectivity index (χ3n) is 3.96. The number of halogens is 4. The van der Waals surface area contributed by atoms with Crippen LogP contribution in [0.3, 0.4) is 0 Å². The molecule has 11 heteroatoms. The first-order valence-electron chi connectivity index (χ1n) is 8.31. The molecule has 29 heavy (non-hydrogen) atoms. The molecule has 1 aromatic heterocycles. The van der Waals surface area contributed by atoms with Crippen LogP contribution in [0.1, 0.15) is 18.4 Å². The van der Waals surface area contributed by atoms with Crippen LogP contribution in [0.5, 0.6) is 0 Å². The standard InChI is InChI=1S/C18H14F4N2O3S2/c19-11-6-8-12(9-7-11)29(26,27)10-2-5-15(25)23-17-24-16-13(18(20,21)22)3-1-4-14(16)28-17/h1,3-4,6-9H,2,5,10H2,(H,23,24,25). The van der Waals surface area contributed by atoms with Gasteiger partial charge in [-0.15, -0.1) is 0 Å². The number of sulfone groups is 1. The quantitative estimate of drug-likeness (QED) is 0.442. The van der Waals surface area contributed by atoms with Gasteiger partial charge in [0, 0.05) is 6.42 Å². The summed E-state index contributed by atoms with van der Waals surface area (Å²) < 4.78 is 76.6. The molecular formula is C18H14F4N2O3S2. The first-order chi connectivity index (χ1) is 13.6. The molecule has 1 heterocycles. The van der Waals surface area contributed by atoms with Crippen molar-refractivity contribution in [1.82, 2.24) is 4.98 Å². The summed E-state index contributed by atoms with van der Waals surface area (Å²) in [6, 6.07) is 7.98. The van der Waals surface area contributed by atoms with Crippen LogP contribution < -0.4 is 5.32 Å². The van der Waals surface area contributed by atoms with Crippen molar-refractivity contribution in [3.63, 3.8) is 0 Å². The predicted molar refractivity (Wildman–Crippen MR) is 101 cm³/mol. The molecule has 3 rings (SSSR count). The molecule has 5 nitrogen and oxygen atoms in total. The number of carbonyl (C=O) groups excluding carboxylic acids is 1. The van der Waals surface area contributed by atoms with Crippen molar-refractivity contribution < 1.29 is 30.8 Å². The zero-order chi connectivity index (χ0) is 21.2. The highest BCUT2D eigenvalue weighted by atomic mass is 32.2. The summed E-state index contributed by atoms with van der Waals surface area (Å²) in [6.07, 6.45) is -4.74. The third-order valence-corrected chi connectivity index (χ3v) is 6.71. The fourth-order valence-electron chi connectivity index (χ4n) is 2.60. The number of alkyl halides is 3. The van der Waals surface area contributed by atoms with Crippen LogP contribution in [-0.2, 0) is 20.8 Å². The van der Waals surface area contributed by atoms with Gasteiger partial charge in [0.1, 0.15) is 5.82 Å². The fraction of sp³-hybridized carbons (Fsp3) is 0.222. The molecule has 0 spiro atoms. The highest BCUT2D eigenvalue weighted by Gasteiger charge is 2.33. The molecule has 0 atom stereocenters. The molecule has 0 aliphatic rings. The summed E-state index contributed by atoms with van der Waals surface area (Å²) >= 11 is 0.896. The Kier molecular flexibility index (Phi) is 5.90. The van der Waals surface area contributed by atoms with Crippen molar-refractivity contribution >= 4 is 42.4 Å². The molecular weight excluding hydrogens is 432 g/mol. The monoisotopic (exact) mass is 446 g/mol. The Morgan fingerprint density at radius 3 is 2.45 bits per heavy atom. The van der Waals surface area contributed by atoms with Crippen LogP contribution >= 0.6 is 11.3 Å². The number of rotatable bonds is 6. The SMILES string of the molecule is O=C(CCCS(=O)(=O)c1ccc(F)cc1)Nc1nc2c(C(F)(F)F)cccc2s1. The van der Waals surface area contributed by atoms with E-state index in [0.29, 0.717) is 0 Å². The lowest BCUT2D eigenvalue weighted by Crippen LogP contribution is -2.14. The van der Waals surface area contributed by atoms with Gasteiger partial charge in [0.05, 0.1) is 26.4 Å². The topological polar surface area (TPSA) is 76.1 Å². The van der Waals surface area contributed by atoms with E-state index in [0.717, 1.165) is 41.7 Å². The van der Waals surface area contributed by atoms with Crippen molar-refractivity contribution in [2.75, 3.05) is 11.1 Å². The molecule has 0 bridgehead atoms. The summed E-state index contributed by atoms with van der Waals surface area (Å²) in [5.74, 6) is -1.45. The number of thiazole rings is 1. The number of benzene rings is 2. The lowest BCUT2D eigenvalue weighted by Gasteiger charge is -2.06. The Hall–Kier alpha value is -2.53. The summed E-state index contributed by atoms with van der Waals surface area (Å²) in [6.45, 7) is 0. The summed E-state index contributed by atoms with van der Waals surface area (Å²) in [4.78, 5) is 15.8. The number of nitrogens with zero attached hydrogens (tertiary/aromatic N) is 1. The number of nitrogens with one attached hydrogen (secondary N) is 1. The van der Waals surface area contributed by atoms with E-state index >= 15 is 0 Å². The Morgan fingerprint density at radius 2 is 1.79 bits per heavy atom. The number of fused-ring (bicyclic) bond motifs is 1. The summed E-state index contributed by atoms with van der Waals surface area (Å²) in [5.41, 5.74) is -1.14. The molecule has 154 valence electrons. The van der Waals surface area contributed by atoms with Gasteiger partial charge in [0.25, 0.3) is 0 Å². The summed E-state index contributed by atoms with van der Waals surface area (Å²) in [5, 5.41) is 2.40. The van der Waals surface area contributed by atoms with Gasteiger partial charge in [-0.3, -0.25) is 4.79 Å². The average molecular weight is 446 g/mol. The highest BCUT2D eigenvalue weighted by Crippen LogP contribution is 2.37. The minimum atomic E-state index is -4.57. The van der Waals surface area contributed by atoms with Crippen LogP contribution in [-0.4, -0.2) is 25.1 Å².